The lowest BCUT2D eigenvalue weighted by molar-refractivity contribution is 0.401. The van der Waals surface area contributed by atoms with Crippen LogP contribution in [0.3, 0.4) is 0 Å². The molecule has 0 aliphatic carbocycles. The molecule has 0 bridgehead atoms. The lowest BCUT2D eigenvalue weighted by Gasteiger charge is -2.19. The highest BCUT2D eigenvalue weighted by atomic mass is 32.2. The van der Waals surface area contributed by atoms with Crippen molar-refractivity contribution in [3.8, 4) is 0 Å². The predicted octanol–water partition coefficient (Wildman–Crippen LogP) is 1.51. The van der Waals surface area contributed by atoms with E-state index in [1.54, 1.807) is 7.11 Å². The van der Waals surface area contributed by atoms with E-state index in [-0.39, 0.29) is 5.75 Å². The smallest absolute Gasteiger partial charge is 0.264 e. The summed E-state index contributed by atoms with van der Waals surface area (Å²) in [5.74, 6) is -0.138. The van der Waals surface area contributed by atoms with Gasteiger partial charge in [0.15, 0.2) is 8.32 Å². The Hall–Kier alpha value is 0.0869. The molecule has 0 aromatic rings. The van der Waals surface area contributed by atoms with Gasteiger partial charge >= 0.3 is 0 Å². The molecule has 0 saturated heterocycles. The topological polar surface area (TPSA) is 63.6 Å². The number of hydrogen-bond donors (Lipinski definition) is 1. The van der Waals surface area contributed by atoms with Crippen molar-refractivity contribution in [1.29, 1.82) is 0 Å². The average Bonchev–Trinajstić information content (AvgIpc) is 1.97. The Morgan fingerprint density at radius 2 is 1.85 bits per heavy atom. The molecule has 0 heterocycles. The van der Waals surface area contributed by atoms with E-state index >= 15 is 0 Å². The van der Waals surface area contributed by atoms with Crippen LogP contribution in [0.15, 0.2) is 0 Å². The van der Waals surface area contributed by atoms with Crippen molar-refractivity contribution in [2.45, 2.75) is 32.0 Å². The van der Waals surface area contributed by atoms with Crippen LogP contribution in [-0.4, -0.2) is 34.2 Å². The maximum absolute atomic E-state index is 10.4. The second-order valence-electron chi connectivity index (χ2n) is 3.71. The summed E-state index contributed by atoms with van der Waals surface area (Å²) in [5, 5.41) is 0. The molecule has 0 aromatic carbocycles. The van der Waals surface area contributed by atoms with E-state index in [9.17, 15) is 8.42 Å². The molecule has 1 N–H and O–H groups in total. The molecule has 0 atom stereocenters. The summed E-state index contributed by atoms with van der Waals surface area (Å²) in [5.41, 5.74) is 0. The van der Waals surface area contributed by atoms with E-state index in [0.29, 0.717) is 6.42 Å². The molecule has 0 aliphatic heterocycles. The minimum absolute atomic E-state index is 0.138. The predicted molar refractivity (Wildman–Crippen MR) is 54.9 cm³/mol. The largest absolute Gasteiger partial charge is 0.420 e. The Bertz CT molecular complexity index is 235. The average molecular weight is 226 g/mol. The molecule has 4 nitrogen and oxygen atoms in total. The minimum atomic E-state index is -3.77. The summed E-state index contributed by atoms with van der Waals surface area (Å²) in [6.45, 7) is 4.17. The molecular formula is C7H18O4SSi. The van der Waals surface area contributed by atoms with Gasteiger partial charge in [0, 0.05) is 7.11 Å². The van der Waals surface area contributed by atoms with Gasteiger partial charge in [-0.3, -0.25) is 4.55 Å². The number of hydrogen-bond acceptors (Lipinski definition) is 3. The number of rotatable bonds is 6. The van der Waals surface area contributed by atoms with Crippen molar-refractivity contribution in [2.24, 2.45) is 0 Å². The summed E-state index contributed by atoms with van der Waals surface area (Å²) >= 11 is 0. The lowest BCUT2D eigenvalue weighted by Crippen LogP contribution is -2.28. The van der Waals surface area contributed by atoms with Gasteiger partial charge in [0.1, 0.15) is 0 Å². The van der Waals surface area contributed by atoms with Gasteiger partial charge < -0.3 is 4.43 Å². The molecule has 0 amide bonds. The van der Waals surface area contributed by atoms with E-state index in [2.05, 4.69) is 13.1 Å². The third-order valence-electron chi connectivity index (χ3n) is 1.98. The van der Waals surface area contributed by atoms with E-state index < -0.39 is 18.4 Å². The van der Waals surface area contributed by atoms with Crippen LogP contribution in [0.4, 0.5) is 0 Å². The highest BCUT2D eigenvalue weighted by Gasteiger charge is 2.19. The van der Waals surface area contributed by atoms with Crippen LogP contribution in [0.1, 0.15) is 12.8 Å². The molecule has 80 valence electrons. The van der Waals surface area contributed by atoms with E-state index in [0.717, 1.165) is 12.5 Å². The normalized spacial score (nSPS) is 13.2. The Morgan fingerprint density at radius 3 is 2.23 bits per heavy atom. The van der Waals surface area contributed by atoms with Gasteiger partial charge in [0.25, 0.3) is 10.1 Å². The first-order valence-corrected chi connectivity index (χ1v) is 9.00. The molecule has 0 unspecified atom stereocenters. The third kappa shape index (κ3) is 8.42. The highest BCUT2D eigenvalue weighted by Crippen LogP contribution is 2.14. The first kappa shape index (κ1) is 13.1. The van der Waals surface area contributed by atoms with Gasteiger partial charge in [-0.1, -0.05) is 6.42 Å². The summed E-state index contributed by atoms with van der Waals surface area (Å²) in [6.07, 6.45) is 1.31. The van der Waals surface area contributed by atoms with Gasteiger partial charge in [-0.05, 0) is 25.6 Å². The van der Waals surface area contributed by atoms with Crippen LogP contribution in [-0.2, 0) is 14.5 Å². The van der Waals surface area contributed by atoms with E-state index in [1.165, 1.54) is 0 Å². The van der Waals surface area contributed by atoms with Crippen molar-refractivity contribution in [3.05, 3.63) is 0 Å². The van der Waals surface area contributed by atoms with Crippen molar-refractivity contribution in [3.63, 3.8) is 0 Å². The van der Waals surface area contributed by atoms with Crippen LogP contribution in [0.2, 0.25) is 19.1 Å². The van der Waals surface area contributed by atoms with Crippen molar-refractivity contribution in [1.82, 2.24) is 0 Å². The molecule has 0 aliphatic rings. The molecule has 0 fully saturated rings. The molecule has 0 rings (SSSR count). The van der Waals surface area contributed by atoms with Gasteiger partial charge in [0.2, 0.25) is 0 Å². The SMILES string of the molecule is CO[Si](C)(C)CCCCS(=O)(=O)O. The fraction of sp³-hybridized carbons (Fsp3) is 1.00. The van der Waals surface area contributed by atoms with Crippen molar-refractivity contribution < 1.29 is 17.4 Å². The lowest BCUT2D eigenvalue weighted by atomic mass is 10.4. The first-order valence-electron chi connectivity index (χ1n) is 4.27. The Kier molecular flexibility index (Phi) is 5.12. The zero-order chi connectivity index (χ0) is 10.5. The highest BCUT2D eigenvalue weighted by molar-refractivity contribution is 7.85. The van der Waals surface area contributed by atoms with Gasteiger partial charge in [0.05, 0.1) is 5.75 Å². The second kappa shape index (κ2) is 5.09. The Labute approximate surface area is 81.2 Å². The monoisotopic (exact) mass is 226 g/mol. The van der Waals surface area contributed by atoms with E-state index in [4.69, 9.17) is 8.98 Å². The van der Waals surface area contributed by atoms with Crippen molar-refractivity contribution >= 4 is 18.4 Å². The summed E-state index contributed by atoms with van der Waals surface area (Å²) in [7, 11) is -3.63. The van der Waals surface area contributed by atoms with Crippen LogP contribution in [0.5, 0.6) is 0 Å². The molecule has 0 saturated carbocycles. The maximum atomic E-state index is 10.4. The molecule has 0 spiro atoms. The first-order chi connectivity index (χ1) is 5.77. The van der Waals surface area contributed by atoms with Gasteiger partial charge in [-0.15, -0.1) is 0 Å². The summed E-state index contributed by atoms with van der Waals surface area (Å²) in [6, 6.07) is 0.930. The zero-order valence-corrected chi connectivity index (χ0v) is 10.2. The summed E-state index contributed by atoms with van der Waals surface area (Å²) < 4.78 is 34.5. The van der Waals surface area contributed by atoms with Crippen LogP contribution in [0, 0.1) is 0 Å². The molecule has 6 heteroatoms. The molecular weight excluding hydrogens is 208 g/mol. The molecule has 13 heavy (non-hydrogen) atoms. The minimum Gasteiger partial charge on any atom is -0.420 e. The summed E-state index contributed by atoms with van der Waals surface area (Å²) in [4.78, 5) is 0. The standard InChI is InChI=1S/C7H18O4SSi/c1-11-13(2,3)7-5-4-6-12(8,9)10/h4-7H2,1-3H3,(H,8,9,10). The Morgan fingerprint density at radius 1 is 1.31 bits per heavy atom. The van der Waals surface area contributed by atoms with Gasteiger partial charge in [-0.2, -0.15) is 8.42 Å². The quantitative estimate of drug-likeness (QED) is 0.423. The third-order valence-corrected chi connectivity index (χ3v) is 5.45. The zero-order valence-electron chi connectivity index (χ0n) is 8.41. The van der Waals surface area contributed by atoms with Crippen LogP contribution >= 0.6 is 0 Å². The van der Waals surface area contributed by atoms with Crippen LogP contribution in [0.25, 0.3) is 0 Å². The van der Waals surface area contributed by atoms with Gasteiger partial charge in [-0.25, -0.2) is 0 Å². The van der Waals surface area contributed by atoms with Crippen LogP contribution < -0.4 is 0 Å². The maximum Gasteiger partial charge on any atom is 0.264 e. The Balaban J connectivity index is 3.58. The molecule has 0 aromatic heterocycles. The van der Waals surface area contributed by atoms with Crippen molar-refractivity contribution in [2.75, 3.05) is 12.9 Å². The van der Waals surface area contributed by atoms with E-state index in [1.807, 2.05) is 0 Å². The fourth-order valence-electron chi connectivity index (χ4n) is 0.937. The molecule has 0 radical (unpaired) electrons. The second-order valence-corrected chi connectivity index (χ2v) is 9.71. The number of unbranched alkanes of at least 4 members (excludes halogenated alkanes) is 1. The fourth-order valence-corrected chi connectivity index (χ4v) is 2.81.